The van der Waals surface area contributed by atoms with Gasteiger partial charge in [0.2, 0.25) is 5.91 Å². The fourth-order valence-electron chi connectivity index (χ4n) is 2.35. The molecule has 3 amide bonds. The third-order valence-corrected chi connectivity index (χ3v) is 3.69. The molecule has 1 fully saturated rings. The molecule has 0 saturated carbocycles. The SMILES string of the molecule is CC(C)CCNC(=O)NC(=O)CN1CCN(C)CC1CN. The zero-order valence-corrected chi connectivity index (χ0v) is 13.4. The minimum Gasteiger partial charge on any atom is -0.338 e. The topological polar surface area (TPSA) is 90.7 Å². The fraction of sp³-hybridized carbons (Fsp3) is 0.857. The van der Waals surface area contributed by atoms with E-state index in [1.54, 1.807) is 0 Å². The summed E-state index contributed by atoms with van der Waals surface area (Å²) < 4.78 is 0. The first kappa shape index (κ1) is 17.9. The van der Waals surface area contributed by atoms with Crippen molar-refractivity contribution < 1.29 is 9.59 Å². The average molecular weight is 299 g/mol. The fourth-order valence-corrected chi connectivity index (χ4v) is 2.35. The normalized spacial score (nSPS) is 20.5. The molecule has 1 rings (SSSR count). The monoisotopic (exact) mass is 299 g/mol. The Morgan fingerprint density at radius 1 is 1.33 bits per heavy atom. The molecule has 7 nitrogen and oxygen atoms in total. The second-order valence-electron chi connectivity index (χ2n) is 6.11. The highest BCUT2D eigenvalue weighted by atomic mass is 16.2. The summed E-state index contributed by atoms with van der Waals surface area (Å²) in [5.41, 5.74) is 5.75. The Morgan fingerprint density at radius 2 is 2.05 bits per heavy atom. The summed E-state index contributed by atoms with van der Waals surface area (Å²) in [7, 11) is 2.04. The van der Waals surface area contributed by atoms with Gasteiger partial charge >= 0.3 is 6.03 Å². The van der Waals surface area contributed by atoms with Crippen molar-refractivity contribution in [2.45, 2.75) is 26.3 Å². The Kier molecular flexibility index (Phi) is 7.63. The number of rotatable bonds is 6. The van der Waals surface area contributed by atoms with Gasteiger partial charge in [0.05, 0.1) is 6.54 Å². The van der Waals surface area contributed by atoms with Gasteiger partial charge < -0.3 is 16.0 Å². The van der Waals surface area contributed by atoms with Gasteiger partial charge in [-0.2, -0.15) is 0 Å². The standard InChI is InChI=1S/C14H29N5O2/c1-11(2)4-5-16-14(21)17-13(20)10-19-7-6-18(3)9-12(19)8-15/h11-12H,4-10,15H2,1-3H3,(H2,16,17,20,21). The lowest BCUT2D eigenvalue weighted by Crippen LogP contribution is -2.57. The van der Waals surface area contributed by atoms with Gasteiger partial charge in [0.25, 0.3) is 0 Å². The predicted octanol–water partition coefficient (Wildman–Crippen LogP) is -0.567. The van der Waals surface area contributed by atoms with Gasteiger partial charge in [0.1, 0.15) is 0 Å². The van der Waals surface area contributed by atoms with Crippen molar-refractivity contribution in [1.29, 1.82) is 0 Å². The highest BCUT2D eigenvalue weighted by molar-refractivity contribution is 5.95. The van der Waals surface area contributed by atoms with Crippen molar-refractivity contribution in [1.82, 2.24) is 20.4 Å². The molecule has 1 aliphatic heterocycles. The number of hydrogen-bond donors (Lipinski definition) is 3. The molecule has 1 aliphatic rings. The van der Waals surface area contributed by atoms with Crippen LogP contribution in [0.1, 0.15) is 20.3 Å². The third kappa shape index (κ3) is 6.88. The van der Waals surface area contributed by atoms with Crippen LogP contribution in [0.25, 0.3) is 0 Å². The Balaban J connectivity index is 2.30. The Labute approximate surface area is 127 Å². The summed E-state index contributed by atoms with van der Waals surface area (Å²) in [6.45, 7) is 8.04. The molecular weight excluding hydrogens is 270 g/mol. The first-order chi connectivity index (χ1) is 9.92. The summed E-state index contributed by atoms with van der Waals surface area (Å²) in [4.78, 5) is 27.7. The summed E-state index contributed by atoms with van der Waals surface area (Å²) in [6, 6.07) is -0.252. The van der Waals surface area contributed by atoms with Gasteiger partial charge in [-0.05, 0) is 19.4 Å². The zero-order chi connectivity index (χ0) is 15.8. The van der Waals surface area contributed by atoms with E-state index in [0.29, 0.717) is 19.0 Å². The van der Waals surface area contributed by atoms with E-state index < -0.39 is 6.03 Å². The van der Waals surface area contributed by atoms with Crippen LogP contribution in [0.2, 0.25) is 0 Å². The van der Waals surface area contributed by atoms with E-state index in [4.69, 9.17) is 5.73 Å². The van der Waals surface area contributed by atoms with Crippen LogP contribution in [0.4, 0.5) is 4.79 Å². The molecule has 122 valence electrons. The van der Waals surface area contributed by atoms with Crippen LogP contribution in [0.3, 0.4) is 0 Å². The van der Waals surface area contributed by atoms with Gasteiger partial charge in [-0.25, -0.2) is 4.79 Å². The number of piperazine rings is 1. The number of nitrogens with one attached hydrogen (secondary N) is 2. The molecule has 0 aromatic heterocycles. The Bertz CT molecular complexity index is 348. The molecule has 1 saturated heterocycles. The number of carbonyl (C=O) groups excluding carboxylic acids is 2. The van der Waals surface area contributed by atoms with Crippen molar-refractivity contribution in [3.63, 3.8) is 0 Å². The van der Waals surface area contributed by atoms with E-state index in [9.17, 15) is 9.59 Å². The van der Waals surface area contributed by atoms with Crippen LogP contribution in [0.15, 0.2) is 0 Å². The van der Waals surface area contributed by atoms with Crippen LogP contribution in [-0.2, 0) is 4.79 Å². The van der Waals surface area contributed by atoms with E-state index in [0.717, 1.165) is 26.1 Å². The predicted molar refractivity (Wildman–Crippen MR) is 82.9 cm³/mol. The number of nitrogens with two attached hydrogens (primary N) is 1. The van der Waals surface area contributed by atoms with Gasteiger partial charge in [0, 0.05) is 38.8 Å². The lowest BCUT2D eigenvalue weighted by molar-refractivity contribution is -0.122. The molecule has 0 aromatic carbocycles. The average Bonchev–Trinajstić information content (AvgIpc) is 2.40. The van der Waals surface area contributed by atoms with Crippen molar-refractivity contribution in [2.75, 3.05) is 46.3 Å². The van der Waals surface area contributed by atoms with Crippen molar-refractivity contribution >= 4 is 11.9 Å². The summed E-state index contributed by atoms with van der Waals surface area (Å²) in [5.74, 6) is 0.247. The molecule has 0 radical (unpaired) electrons. The van der Waals surface area contributed by atoms with Gasteiger partial charge in [-0.3, -0.25) is 15.0 Å². The molecule has 0 aliphatic carbocycles. The highest BCUT2D eigenvalue weighted by Gasteiger charge is 2.25. The van der Waals surface area contributed by atoms with Gasteiger partial charge in [0.15, 0.2) is 0 Å². The largest absolute Gasteiger partial charge is 0.338 e. The maximum absolute atomic E-state index is 11.9. The molecule has 0 aromatic rings. The molecular formula is C14H29N5O2. The number of hydrogen-bond acceptors (Lipinski definition) is 5. The van der Waals surface area contributed by atoms with Crippen LogP contribution in [0, 0.1) is 5.92 Å². The summed E-state index contributed by atoms with van der Waals surface area (Å²) in [6.07, 6.45) is 0.898. The number of urea groups is 1. The van der Waals surface area contributed by atoms with E-state index >= 15 is 0 Å². The van der Waals surface area contributed by atoms with Crippen molar-refractivity contribution in [3.8, 4) is 0 Å². The quantitative estimate of drug-likeness (QED) is 0.611. The van der Waals surface area contributed by atoms with E-state index in [2.05, 4.69) is 29.4 Å². The molecule has 1 heterocycles. The first-order valence-electron chi connectivity index (χ1n) is 7.62. The molecule has 0 bridgehead atoms. The van der Waals surface area contributed by atoms with Crippen LogP contribution in [-0.4, -0.2) is 74.1 Å². The minimum absolute atomic E-state index is 0.165. The van der Waals surface area contributed by atoms with Crippen LogP contribution >= 0.6 is 0 Å². The number of carbonyl (C=O) groups is 2. The molecule has 21 heavy (non-hydrogen) atoms. The molecule has 1 atom stereocenters. The molecule has 7 heteroatoms. The molecule has 4 N–H and O–H groups in total. The van der Waals surface area contributed by atoms with Gasteiger partial charge in [-0.15, -0.1) is 0 Å². The maximum Gasteiger partial charge on any atom is 0.321 e. The summed E-state index contributed by atoms with van der Waals surface area (Å²) in [5, 5.41) is 5.06. The third-order valence-electron chi connectivity index (χ3n) is 3.69. The lowest BCUT2D eigenvalue weighted by atomic mass is 10.1. The number of nitrogens with zero attached hydrogens (tertiary/aromatic N) is 2. The minimum atomic E-state index is -0.418. The van der Waals surface area contributed by atoms with E-state index in [-0.39, 0.29) is 18.5 Å². The lowest BCUT2D eigenvalue weighted by Gasteiger charge is -2.38. The summed E-state index contributed by atoms with van der Waals surface area (Å²) >= 11 is 0. The van der Waals surface area contributed by atoms with Gasteiger partial charge in [-0.1, -0.05) is 13.8 Å². The number of amides is 3. The Hall–Kier alpha value is -1.18. The second kappa shape index (κ2) is 8.96. The smallest absolute Gasteiger partial charge is 0.321 e. The maximum atomic E-state index is 11.9. The molecule has 0 spiro atoms. The van der Waals surface area contributed by atoms with Crippen LogP contribution < -0.4 is 16.4 Å². The van der Waals surface area contributed by atoms with E-state index in [1.165, 1.54) is 0 Å². The number of likely N-dealkylation sites (N-methyl/N-ethyl adjacent to an activating group) is 1. The highest BCUT2D eigenvalue weighted by Crippen LogP contribution is 2.06. The number of imide groups is 1. The van der Waals surface area contributed by atoms with Crippen LogP contribution in [0.5, 0.6) is 0 Å². The second-order valence-corrected chi connectivity index (χ2v) is 6.11. The van der Waals surface area contributed by atoms with Crippen molar-refractivity contribution in [2.24, 2.45) is 11.7 Å². The molecule has 1 unspecified atom stereocenters. The Morgan fingerprint density at radius 3 is 2.67 bits per heavy atom. The first-order valence-corrected chi connectivity index (χ1v) is 7.62. The van der Waals surface area contributed by atoms with Crippen molar-refractivity contribution in [3.05, 3.63) is 0 Å². The zero-order valence-electron chi connectivity index (χ0n) is 13.4. The van der Waals surface area contributed by atoms with E-state index in [1.807, 2.05) is 11.9 Å².